The Bertz CT molecular complexity index is 1250. The molecule has 1 atom stereocenters. The minimum Gasteiger partial charge on any atom is -0.462 e. The minimum absolute atomic E-state index is 0.155. The predicted octanol–water partition coefficient (Wildman–Crippen LogP) is 2.77. The molecule has 2 aromatic heterocycles. The summed E-state index contributed by atoms with van der Waals surface area (Å²) in [5, 5.41) is 38.5. The van der Waals surface area contributed by atoms with Crippen LogP contribution in [0, 0.1) is 13.8 Å². The Balaban J connectivity index is 1.61. The van der Waals surface area contributed by atoms with E-state index in [9.17, 15) is 5.11 Å². The van der Waals surface area contributed by atoms with E-state index in [-0.39, 0.29) is 19.1 Å². The smallest absolute Gasteiger partial charge is 0.345 e. The van der Waals surface area contributed by atoms with E-state index in [1.54, 1.807) is 12.3 Å². The minimum atomic E-state index is -3.01. The maximum atomic E-state index is 10.1. The highest BCUT2D eigenvalue weighted by molar-refractivity contribution is 5.99. The maximum Gasteiger partial charge on any atom is 0.345 e. The van der Waals surface area contributed by atoms with Gasteiger partial charge in [0.05, 0.1) is 5.52 Å². The Labute approximate surface area is 191 Å². The van der Waals surface area contributed by atoms with Gasteiger partial charge in [0, 0.05) is 40.5 Å². The highest BCUT2D eigenvalue weighted by atomic mass is 16.7. The number of aliphatic hydroxyl groups excluding tert-OH is 1. The van der Waals surface area contributed by atoms with Gasteiger partial charge in [0.15, 0.2) is 0 Å². The summed E-state index contributed by atoms with van der Waals surface area (Å²) in [4.78, 5) is 0.776. The van der Waals surface area contributed by atoms with Crippen molar-refractivity contribution < 1.29 is 29.6 Å². The molecule has 0 aliphatic rings. The number of hydrogen-bond donors (Lipinski definition) is 4. The molecule has 0 aliphatic heterocycles. The van der Waals surface area contributed by atoms with Gasteiger partial charge in [0.25, 0.3) is 5.95 Å². The zero-order valence-electron chi connectivity index (χ0n) is 18.8. The number of rotatable bonds is 8. The first kappa shape index (κ1) is 23.0. The van der Waals surface area contributed by atoms with Crippen LogP contribution >= 0.6 is 0 Å². The van der Waals surface area contributed by atoms with Gasteiger partial charge in [-0.15, -0.1) is 0 Å². The van der Waals surface area contributed by atoms with Crippen LogP contribution < -0.4 is 4.74 Å². The number of furan rings is 1. The second-order valence-electron chi connectivity index (χ2n) is 8.20. The lowest BCUT2D eigenvalue weighted by molar-refractivity contribution is -0.390. The molecule has 0 aliphatic carbocycles. The van der Waals surface area contributed by atoms with Crippen molar-refractivity contribution in [2.24, 2.45) is 0 Å². The van der Waals surface area contributed by atoms with Crippen molar-refractivity contribution >= 4 is 10.9 Å². The first-order valence-corrected chi connectivity index (χ1v) is 10.6. The van der Waals surface area contributed by atoms with E-state index in [0.717, 1.165) is 38.3 Å². The Morgan fingerprint density at radius 1 is 1.06 bits per heavy atom. The van der Waals surface area contributed by atoms with Crippen molar-refractivity contribution in [3.8, 4) is 22.8 Å². The summed E-state index contributed by atoms with van der Waals surface area (Å²) in [5.74, 6) is 0.224. The summed E-state index contributed by atoms with van der Waals surface area (Å²) in [6.45, 7) is 3.78. The second kappa shape index (κ2) is 9.01. The van der Waals surface area contributed by atoms with Crippen molar-refractivity contribution in [2.45, 2.75) is 26.0 Å². The molecule has 4 rings (SSSR count). The number of likely N-dealkylation sites (N-methyl/N-ethyl adjacent to an activating group) is 1. The van der Waals surface area contributed by atoms with E-state index < -0.39 is 12.2 Å². The van der Waals surface area contributed by atoms with E-state index in [4.69, 9.17) is 24.5 Å². The third-order valence-electron chi connectivity index (χ3n) is 5.75. The average molecular weight is 453 g/mol. The van der Waals surface area contributed by atoms with Crippen LogP contribution in [0.15, 0.2) is 65.3 Å². The standard InChI is InChI=1S/C25H28N2O6/c1-16-8-4-6-10-21(16)27-17(2)24(20-9-5-7-11-22(20)27)18-12-23(32-14-18)33-15-19(28)13-26(3)25(29,30)31/h4-12,14,19,28-31H,13,15H2,1-3H3. The molecule has 8 heteroatoms. The van der Waals surface area contributed by atoms with Gasteiger partial charge in [-0.25, -0.2) is 4.90 Å². The second-order valence-corrected chi connectivity index (χ2v) is 8.20. The number of nitrogens with zero attached hydrogens (tertiary/aromatic N) is 2. The molecule has 0 spiro atoms. The lowest BCUT2D eigenvalue weighted by Gasteiger charge is -2.27. The molecule has 1 unspecified atom stereocenters. The molecule has 33 heavy (non-hydrogen) atoms. The van der Waals surface area contributed by atoms with Gasteiger partial charge < -0.3 is 34.1 Å². The van der Waals surface area contributed by atoms with Gasteiger partial charge in [0.2, 0.25) is 0 Å². The molecule has 0 amide bonds. The van der Waals surface area contributed by atoms with Crippen molar-refractivity contribution in [1.29, 1.82) is 0 Å². The zero-order chi connectivity index (χ0) is 23.8. The molecule has 2 heterocycles. The molecule has 0 bridgehead atoms. The Kier molecular flexibility index (Phi) is 6.29. The van der Waals surface area contributed by atoms with Crippen LogP contribution in [0.25, 0.3) is 27.7 Å². The van der Waals surface area contributed by atoms with Gasteiger partial charge in [0.1, 0.15) is 19.0 Å². The first-order valence-electron chi connectivity index (χ1n) is 10.6. The fourth-order valence-electron chi connectivity index (χ4n) is 4.05. The molecule has 0 fully saturated rings. The van der Waals surface area contributed by atoms with E-state index >= 15 is 0 Å². The maximum absolute atomic E-state index is 10.1. The largest absolute Gasteiger partial charge is 0.462 e. The number of aliphatic hydroxyl groups is 4. The Morgan fingerprint density at radius 2 is 1.76 bits per heavy atom. The summed E-state index contributed by atoms with van der Waals surface area (Å²) in [6, 6.07) is 18.2. The Morgan fingerprint density at radius 3 is 2.48 bits per heavy atom. The van der Waals surface area contributed by atoms with Crippen LogP contribution in [0.5, 0.6) is 5.95 Å². The van der Waals surface area contributed by atoms with Crippen LogP contribution in [0.3, 0.4) is 0 Å². The van der Waals surface area contributed by atoms with E-state index in [2.05, 4.69) is 42.7 Å². The molecule has 4 aromatic rings. The van der Waals surface area contributed by atoms with Gasteiger partial charge in [-0.3, -0.25) is 0 Å². The van der Waals surface area contributed by atoms with Crippen LogP contribution in [0.2, 0.25) is 0 Å². The fourth-order valence-corrected chi connectivity index (χ4v) is 4.05. The van der Waals surface area contributed by atoms with Crippen LogP contribution in [-0.2, 0) is 0 Å². The summed E-state index contributed by atoms with van der Waals surface area (Å²) in [7, 11) is 1.25. The van der Waals surface area contributed by atoms with Crippen molar-refractivity contribution in [3.63, 3.8) is 0 Å². The first-order chi connectivity index (χ1) is 15.7. The average Bonchev–Trinajstić information content (AvgIpc) is 3.33. The van der Waals surface area contributed by atoms with Crippen LogP contribution in [-0.4, -0.2) is 62.3 Å². The predicted molar refractivity (Wildman–Crippen MR) is 124 cm³/mol. The number of aryl methyl sites for hydroxylation is 1. The van der Waals surface area contributed by atoms with E-state index in [0.29, 0.717) is 0 Å². The van der Waals surface area contributed by atoms with Gasteiger partial charge in [-0.2, -0.15) is 0 Å². The summed E-state index contributed by atoms with van der Waals surface area (Å²) in [6.07, 6.45) is -2.48. The molecule has 2 aromatic carbocycles. The molecule has 174 valence electrons. The zero-order valence-corrected chi connectivity index (χ0v) is 18.8. The van der Waals surface area contributed by atoms with Crippen LogP contribution in [0.1, 0.15) is 11.3 Å². The highest BCUT2D eigenvalue weighted by Gasteiger charge is 2.27. The lowest BCUT2D eigenvalue weighted by Crippen LogP contribution is -2.50. The van der Waals surface area contributed by atoms with Gasteiger partial charge >= 0.3 is 6.10 Å². The number of ether oxygens (including phenoxy) is 1. The molecule has 8 nitrogen and oxygen atoms in total. The van der Waals surface area contributed by atoms with E-state index in [1.807, 2.05) is 24.3 Å². The highest BCUT2D eigenvalue weighted by Crippen LogP contribution is 2.39. The summed E-state index contributed by atoms with van der Waals surface area (Å²) in [5.41, 5.74) is 6.29. The topological polar surface area (TPSA) is 111 Å². The summed E-state index contributed by atoms with van der Waals surface area (Å²) >= 11 is 0. The third-order valence-corrected chi connectivity index (χ3v) is 5.75. The number of fused-ring (bicyclic) bond motifs is 1. The normalized spacial score (nSPS) is 13.1. The Hall–Kier alpha value is -3.14. The fraction of sp³-hybridized carbons (Fsp3) is 0.280. The molecule has 0 saturated carbocycles. The lowest BCUT2D eigenvalue weighted by atomic mass is 10.1. The van der Waals surface area contributed by atoms with Gasteiger partial charge in [-0.05, 0) is 38.6 Å². The SMILES string of the molecule is Cc1ccccc1-n1c(C)c(-c2coc(OCC(O)CN(C)C(O)(O)O)c2)c2ccccc21. The summed E-state index contributed by atoms with van der Waals surface area (Å²) < 4.78 is 13.4. The number of aromatic nitrogens is 1. The molecule has 4 N–H and O–H groups in total. The molecular weight excluding hydrogens is 424 g/mol. The molecule has 0 radical (unpaired) electrons. The monoisotopic (exact) mass is 452 g/mol. The quantitative estimate of drug-likeness (QED) is 0.304. The molecule has 0 saturated heterocycles. The van der Waals surface area contributed by atoms with Crippen molar-refractivity contribution in [2.75, 3.05) is 20.2 Å². The number of para-hydroxylation sites is 2. The van der Waals surface area contributed by atoms with E-state index in [1.165, 1.54) is 12.6 Å². The van der Waals surface area contributed by atoms with Crippen LogP contribution in [0.4, 0.5) is 0 Å². The third kappa shape index (κ3) is 4.66. The number of hydrogen-bond acceptors (Lipinski definition) is 7. The van der Waals surface area contributed by atoms with Crippen molar-refractivity contribution in [1.82, 2.24) is 9.47 Å². The number of benzene rings is 2. The van der Waals surface area contributed by atoms with Gasteiger partial charge in [-0.1, -0.05) is 36.4 Å². The van der Waals surface area contributed by atoms with Crippen molar-refractivity contribution in [3.05, 3.63) is 72.1 Å². The molecular formula is C25H28N2O6.